The summed E-state index contributed by atoms with van der Waals surface area (Å²) in [6, 6.07) is 7.83. The summed E-state index contributed by atoms with van der Waals surface area (Å²) in [5.41, 5.74) is -0.987. The molecule has 4 aliphatic rings. The molecular weight excluding hydrogens is 555 g/mol. The van der Waals surface area contributed by atoms with Crippen LogP contribution in [0.1, 0.15) is 28.5 Å². The summed E-state index contributed by atoms with van der Waals surface area (Å²) < 4.78 is 44.9. The van der Waals surface area contributed by atoms with Gasteiger partial charge >= 0.3 is 11.0 Å². The Balaban J connectivity index is 1.14. The molecule has 2 aliphatic heterocycles. The fourth-order valence-electron chi connectivity index (χ4n) is 7.14. The SMILES string of the molecule is O=C(CN1C(=O)[C@H]2[C@@H]3C[C@@H]([C@@H]2C1=O)[C@H]1[C@@H](c2ccco2)c2sc(=O)[nH]c2S[C@H]31)Nc1cccc(C(F)(F)F)c1. The van der Waals surface area contributed by atoms with Crippen LogP contribution in [-0.4, -0.2) is 39.4 Å². The minimum absolute atomic E-state index is 0.0141. The lowest BCUT2D eigenvalue weighted by Crippen LogP contribution is -2.42. The van der Waals surface area contributed by atoms with Crippen molar-refractivity contribution in [2.75, 3.05) is 11.9 Å². The standard InChI is InChI=1S/C26H20F3N3O5S2/c27-26(28,29)10-3-1-4-11(7-10)30-15(33)9-32-23(34)17-12-8-13(18(17)24(32)35)20-16(12)19(14-5-2-6-37-14)21-22(38-20)31-25(36)39-21/h1-7,12-13,16-20H,8-9H2,(H,30,33)(H,31,36)/t12-,13+,16+,17+,18+,19-,20-/m1/s1. The first-order valence-electron chi connectivity index (χ1n) is 12.4. The first-order valence-corrected chi connectivity index (χ1v) is 14.1. The van der Waals surface area contributed by atoms with Gasteiger partial charge in [0.25, 0.3) is 0 Å². The molecule has 2 aliphatic carbocycles. The number of hydrogen-bond donors (Lipinski definition) is 2. The van der Waals surface area contributed by atoms with E-state index < -0.39 is 47.8 Å². The van der Waals surface area contributed by atoms with Gasteiger partial charge in [-0.25, -0.2) is 0 Å². The molecule has 2 aromatic heterocycles. The number of nitrogens with zero attached hydrogens (tertiary/aromatic N) is 1. The van der Waals surface area contributed by atoms with Gasteiger partial charge in [-0.05, 0) is 54.5 Å². The van der Waals surface area contributed by atoms with Crippen LogP contribution in [-0.2, 0) is 20.6 Å². The van der Waals surface area contributed by atoms with E-state index in [0.717, 1.165) is 38.3 Å². The number of imide groups is 1. The molecule has 3 fully saturated rings. The number of carbonyl (C=O) groups is 3. The molecule has 2 saturated carbocycles. The van der Waals surface area contributed by atoms with Crippen LogP contribution < -0.4 is 10.2 Å². The van der Waals surface area contributed by atoms with Gasteiger partial charge in [-0.3, -0.25) is 24.1 Å². The molecule has 0 spiro atoms. The summed E-state index contributed by atoms with van der Waals surface area (Å²) in [4.78, 5) is 56.6. The number of halogens is 3. The van der Waals surface area contributed by atoms with Gasteiger partial charge in [0.2, 0.25) is 17.7 Å². The van der Waals surface area contributed by atoms with E-state index in [-0.39, 0.29) is 39.5 Å². The highest BCUT2D eigenvalue weighted by molar-refractivity contribution is 8.00. The Kier molecular flexibility index (Phi) is 5.44. The van der Waals surface area contributed by atoms with E-state index in [1.165, 1.54) is 12.1 Å². The summed E-state index contributed by atoms with van der Waals surface area (Å²) in [7, 11) is 0. The maximum Gasteiger partial charge on any atom is 0.416 e. The quantitative estimate of drug-likeness (QED) is 0.452. The number of alkyl halides is 3. The van der Waals surface area contributed by atoms with Crippen LogP contribution >= 0.6 is 23.1 Å². The van der Waals surface area contributed by atoms with Crippen molar-refractivity contribution in [1.82, 2.24) is 9.88 Å². The van der Waals surface area contributed by atoms with Crippen molar-refractivity contribution in [3.8, 4) is 0 Å². The van der Waals surface area contributed by atoms with Crippen molar-refractivity contribution in [2.45, 2.75) is 28.8 Å². The lowest BCUT2D eigenvalue weighted by Gasteiger charge is -2.42. The van der Waals surface area contributed by atoms with Gasteiger partial charge < -0.3 is 14.7 Å². The third-order valence-corrected chi connectivity index (χ3v) is 11.0. The number of rotatable bonds is 4. The summed E-state index contributed by atoms with van der Waals surface area (Å²) in [6.07, 6.45) is -2.31. The Morgan fingerprint density at radius 3 is 2.59 bits per heavy atom. The average Bonchev–Trinajstić information content (AvgIpc) is 3.69. The fourth-order valence-corrected chi connectivity index (χ4v) is 10.0. The van der Waals surface area contributed by atoms with Crippen molar-refractivity contribution < 1.29 is 32.0 Å². The lowest BCUT2D eigenvalue weighted by molar-refractivity contribution is -0.143. The van der Waals surface area contributed by atoms with Gasteiger partial charge in [-0.1, -0.05) is 17.4 Å². The summed E-state index contributed by atoms with van der Waals surface area (Å²) in [5.74, 6) is -2.53. The van der Waals surface area contributed by atoms with Crippen molar-refractivity contribution >= 4 is 46.5 Å². The number of thiazole rings is 1. The number of aromatic nitrogens is 1. The zero-order valence-corrected chi connectivity index (χ0v) is 21.6. The summed E-state index contributed by atoms with van der Waals surface area (Å²) >= 11 is 2.68. The van der Waals surface area contributed by atoms with E-state index >= 15 is 0 Å². The van der Waals surface area contributed by atoms with Crippen molar-refractivity contribution in [3.63, 3.8) is 0 Å². The molecule has 8 nitrogen and oxygen atoms in total. The number of carbonyl (C=O) groups excluding carboxylic acids is 3. The van der Waals surface area contributed by atoms with Crippen LogP contribution in [0.5, 0.6) is 0 Å². The number of aromatic amines is 1. The molecule has 2 bridgehead atoms. The van der Waals surface area contributed by atoms with Gasteiger partial charge in [-0.15, -0.1) is 11.8 Å². The molecule has 3 aromatic rings. The number of likely N-dealkylation sites (tertiary alicyclic amines) is 1. The predicted octanol–water partition coefficient (Wildman–Crippen LogP) is 4.16. The van der Waals surface area contributed by atoms with Crippen LogP contribution in [0.2, 0.25) is 0 Å². The lowest BCUT2D eigenvalue weighted by atomic mass is 9.69. The molecular formula is C26H20F3N3O5S2. The second-order valence-corrected chi connectivity index (χ2v) is 12.6. The monoisotopic (exact) mass is 575 g/mol. The minimum Gasteiger partial charge on any atom is -0.469 e. The molecule has 0 unspecified atom stereocenters. The van der Waals surface area contributed by atoms with E-state index in [1.54, 1.807) is 24.1 Å². The van der Waals surface area contributed by atoms with Crippen LogP contribution in [0.25, 0.3) is 0 Å². The number of anilines is 1. The van der Waals surface area contributed by atoms with Crippen molar-refractivity contribution in [2.24, 2.45) is 29.6 Å². The number of thioether (sulfide) groups is 1. The number of amides is 3. The third-order valence-electron chi connectivity index (χ3n) is 8.44. The van der Waals surface area contributed by atoms with Gasteiger partial charge in [0.15, 0.2) is 0 Å². The molecule has 2 N–H and O–H groups in total. The summed E-state index contributed by atoms with van der Waals surface area (Å²) in [5, 5.41) is 3.14. The largest absolute Gasteiger partial charge is 0.469 e. The third kappa shape index (κ3) is 3.73. The highest BCUT2D eigenvalue weighted by Gasteiger charge is 2.69. The number of hydrogen-bond acceptors (Lipinski definition) is 7. The van der Waals surface area contributed by atoms with E-state index in [1.807, 2.05) is 6.07 Å². The fraction of sp³-hybridized carbons (Fsp3) is 0.385. The van der Waals surface area contributed by atoms with Crippen LogP contribution in [0.3, 0.4) is 0 Å². The molecule has 7 rings (SSSR count). The predicted molar refractivity (Wildman–Crippen MR) is 134 cm³/mol. The zero-order valence-electron chi connectivity index (χ0n) is 19.9. The Hall–Kier alpha value is -3.32. The molecule has 4 heterocycles. The van der Waals surface area contributed by atoms with Gasteiger partial charge in [0, 0.05) is 10.9 Å². The first kappa shape index (κ1) is 24.7. The Morgan fingerprint density at radius 2 is 1.87 bits per heavy atom. The van der Waals surface area contributed by atoms with Crippen molar-refractivity contribution in [1.29, 1.82) is 0 Å². The number of furan rings is 1. The minimum atomic E-state index is -4.57. The summed E-state index contributed by atoms with van der Waals surface area (Å²) in [6.45, 7) is -0.564. The smallest absolute Gasteiger partial charge is 0.416 e. The normalized spacial score (nSPS) is 30.8. The topological polar surface area (TPSA) is 112 Å². The highest BCUT2D eigenvalue weighted by Crippen LogP contribution is 2.68. The molecule has 1 saturated heterocycles. The molecule has 3 amide bonds. The molecule has 202 valence electrons. The number of fused-ring (bicyclic) bond motifs is 9. The van der Waals surface area contributed by atoms with Gasteiger partial charge in [-0.2, -0.15) is 13.2 Å². The molecule has 0 radical (unpaired) electrons. The maximum absolute atomic E-state index is 13.6. The van der Waals surface area contributed by atoms with Crippen LogP contribution in [0.15, 0.2) is 56.9 Å². The molecule has 39 heavy (non-hydrogen) atoms. The van der Waals surface area contributed by atoms with Crippen molar-refractivity contribution in [3.05, 3.63) is 68.5 Å². The van der Waals surface area contributed by atoms with Crippen LogP contribution in [0.4, 0.5) is 18.9 Å². The second kappa shape index (κ2) is 8.59. The average molecular weight is 576 g/mol. The zero-order chi connectivity index (χ0) is 27.2. The Morgan fingerprint density at radius 1 is 1.10 bits per heavy atom. The van der Waals surface area contributed by atoms with E-state index in [9.17, 15) is 32.3 Å². The molecule has 13 heteroatoms. The van der Waals surface area contributed by atoms with Gasteiger partial charge in [0.1, 0.15) is 12.3 Å². The molecule has 7 atom stereocenters. The number of nitrogens with one attached hydrogen (secondary N) is 2. The van der Waals surface area contributed by atoms with E-state index in [2.05, 4.69) is 10.3 Å². The maximum atomic E-state index is 13.6. The Labute approximate surface area is 226 Å². The van der Waals surface area contributed by atoms with Gasteiger partial charge in [0.05, 0.1) is 39.5 Å². The first-order chi connectivity index (χ1) is 18.6. The van der Waals surface area contributed by atoms with E-state index in [4.69, 9.17) is 4.42 Å². The highest BCUT2D eigenvalue weighted by atomic mass is 32.2. The molecule has 1 aromatic carbocycles. The number of H-pyrrole nitrogens is 1. The second-order valence-electron chi connectivity index (χ2n) is 10.4. The number of benzene rings is 1. The van der Waals surface area contributed by atoms with Crippen LogP contribution in [0, 0.1) is 29.6 Å². The Bertz CT molecular complexity index is 1560. The van der Waals surface area contributed by atoms with E-state index in [0.29, 0.717) is 12.2 Å².